The van der Waals surface area contributed by atoms with Crippen LogP contribution in [0.25, 0.3) is 0 Å². The highest BCUT2D eigenvalue weighted by Crippen LogP contribution is 2.15. The summed E-state index contributed by atoms with van der Waals surface area (Å²) < 4.78 is 0.861. The molecule has 0 unspecified atom stereocenters. The molecule has 1 aromatic heterocycles. The Morgan fingerprint density at radius 1 is 1.24 bits per heavy atom. The van der Waals surface area contributed by atoms with Gasteiger partial charge >= 0.3 is 0 Å². The highest BCUT2D eigenvalue weighted by atomic mass is 79.9. The van der Waals surface area contributed by atoms with Gasteiger partial charge in [0.25, 0.3) is 5.91 Å². The van der Waals surface area contributed by atoms with E-state index >= 15 is 0 Å². The summed E-state index contributed by atoms with van der Waals surface area (Å²) in [5.74, 6) is -0.113. The molecule has 3 rings (SSSR count). The Morgan fingerprint density at radius 3 is 2.56 bits per heavy atom. The summed E-state index contributed by atoms with van der Waals surface area (Å²) in [6, 6.07) is 13.6. The zero-order valence-electron chi connectivity index (χ0n) is 13.8. The maximum Gasteiger partial charge on any atom is 0.270 e. The lowest BCUT2D eigenvalue weighted by atomic mass is 10.0. The van der Waals surface area contributed by atoms with Gasteiger partial charge in [-0.2, -0.15) is 5.26 Å². The van der Waals surface area contributed by atoms with Crippen LogP contribution >= 0.6 is 15.9 Å². The van der Waals surface area contributed by atoms with E-state index < -0.39 is 0 Å². The lowest BCUT2D eigenvalue weighted by Gasteiger charge is -2.32. The Hall–Kier alpha value is -2.23. The molecule has 0 atom stereocenters. The van der Waals surface area contributed by atoms with E-state index in [-0.39, 0.29) is 11.9 Å². The highest BCUT2D eigenvalue weighted by Gasteiger charge is 2.21. The van der Waals surface area contributed by atoms with E-state index in [2.05, 4.69) is 37.2 Å². The number of carbonyl (C=O) groups excluding carboxylic acids is 1. The van der Waals surface area contributed by atoms with Gasteiger partial charge in [-0.1, -0.05) is 12.1 Å². The second kappa shape index (κ2) is 8.24. The molecule has 1 amide bonds. The van der Waals surface area contributed by atoms with Gasteiger partial charge in [0.15, 0.2) is 0 Å². The number of aromatic nitrogens is 1. The standard InChI is InChI=1S/C19H19BrN4O/c20-16-5-6-18(22-12-16)19(25)23-17-7-9-24(10-8-17)13-15-3-1-14(11-21)2-4-15/h1-6,12,17H,7-10,13H2,(H,23,25). The van der Waals surface area contributed by atoms with Crippen LogP contribution in [0.4, 0.5) is 0 Å². The molecule has 2 heterocycles. The third kappa shape index (κ3) is 4.88. The van der Waals surface area contributed by atoms with Crippen molar-refractivity contribution in [3.05, 3.63) is 63.9 Å². The fraction of sp³-hybridized carbons (Fsp3) is 0.316. The predicted molar refractivity (Wildman–Crippen MR) is 98.9 cm³/mol. The largest absolute Gasteiger partial charge is 0.348 e. The van der Waals surface area contributed by atoms with E-state index in [1.807, 2.05) is 30.3 Å². The lowest BCUT2D eigenvalue weighted by molar-refractivity contribution is 0.0904. The van der Waals surface area contributed by atoms with E-state index in [1.54, 1.807) is 12.3 Å². The first-order valence-corrected chi connectivity index (χ1v) is 9.07. The third-order valence-corrected chi connectivity index (χ3v) is 4.84. The minimum Gasteiger partial charge on any atom is -0.348 e. The summed E-state index contributed by atoms with van der Waals surface area (Å²) in [5.41, 5.74) is 2.34. The summed E-state index contributed by atoms with van der Waals surface area (Å²) in [5, 5.41) is 11.9. The van der Waals surface area contributed by atoms with Gasteiger partial charge in [-0.05, 0) is 58.6 Å². The van der Waals surface area contributed by atoms with E-state index in [0.717, 1.165) is 36.9 Å². The highest BCUT2D eigenvalue weighted by molar-refractivity contribution is 9.10. The number of carbonyl (C=O) groups is 1. The monoisotopic (exact) mass is 398 g/mol. The molecule has 1 aromatic carbocycles. The van der Waals surface area contributed by atoms with Crippen LogP contribution in [0.5, 0.6) is 0 Å². The fourth-order valence-electron chi connectivity index (χ4n) is 2.95. The van der Waals surface area contributed by atoms with Crippen LogP contribution in [-0.4, -0.2) is 34.9 Å². The second-order valence-electron chi connectivity index (χ2n) is 6.19. The Morgan fingerprint density at radius 2 is 1.96 bits per heavy atom. The molecule has 5 nitrogen and oxygen atoms in total. The molecule has 1 saturated heterocycles. The molecule has 1 N–H and O–H groups in total. The molecule has 0 radical (unpaired) electrons. The Bertz CT molecular complexity index is 760. The Balaban J connectivity index is 1.47. The van der Waals surface area contributed by atoms with Crippen molar-refractivity contribution >= 4 is 21.8 Å². The topological polar surface area (TPSA) is 69.0 Å². The zero-order chi connectivity index (χ0) is 17.6. The minimum atomic E-state index is -0.113. The van der Waals surface area contributed by atoms with Crippen molar-refractivity contribution in [2.24, 2.45) is 0 Å². The minimum absolute atomic E-state index is 0.113. The van der Waals surface area contributed by atoms with Crippen LogP contribution in [0.1, 0.15) is 34.5 Å². The number of halogens is 1. The summed E-state index contributed by atoms with van der Waals surface area (Å²) in [6.07, 6.45) is 3.49. The average molecular weight is 399 g/mol. The second-order valence-corrected chi connectivity index (χ2v) is 7.11. The third-order valence-electron chi connectivity index (χ3n) is 4.37. The van der Waals surface area contributed by atoms with Gasteiger partial charge in [-0.15, -0.1) is 0 Å². The summed E-state index contributed by atoms with van der Waals surface area (Å²) >= 11 is 3.32. The number of pyridine rings is 1. The summed E-state index contributed by atoms with van der Waals surface area (Å²) in [4.78, 5) is 18.7. The van der Waals surface area contributed by atoms with E-state index in [9.17, 15) is 4.79 Å². The summed E-state index contributed by atoms with van der Waals surface area (Å²) in [7, 11) is 0. The van der Waals surface area contributed by atoms with Gasteiger partial charge < -0.3 is 5.32 Å². The molecule has 0 spiro atoms. The number of benzene rings is 1. The van der Waals surface area contributed by atoms with Crippen molar-refractivity contribution in [3.8, 4) is 6.07 Å². The van der Waals surface area contributed by atoms with Gasteiger partial charge in [0, 0.05) is 36.3 Å². The van der Waals surface area contributed by atoms with Crippen molar-refractivity contribution in [1.29, 1.82) is 5.26 Å². The first-order chi connectivity index (χ1) is 12.1. The van der Waals surface area contributed by atoms with Crippen molar-refractivity contribution in [3.63, 3.8) is 0 Å². The van der Waals surface area contributed by atoms with Gasteiger partial charge in [0.1, 0.15) is 5.69 Å². The Kier molecular flexibility index (Phi) is 5.79. The molecule has 2 aromatic rings. The van der Waals surface area contributed by atoms with Gasteiger partial charge in [0.05, 0.1) is 11.6 Å². The maximum absolute atomic E-state index is 12.2. The molecule has 1 aliphatic heterocycles. The molecule has 0 aliphatic carbocycles. The smallest absolute Gasteiger partial charge is 0.270 e. The number of hydrogen-bond donors (Lipinski definition) is 1. The average Bonchev–Trinajstić information content (AvgIpc) is 2.64. The van der Waals surface area contributed by atoms with Crippen LogP contribution in [0, 0.1) is 11.3 Å². The number of nitrogens with one attached hydrogen (secondary N) is 1. The van der Waals surface area contributed by atoms with E-state index in [1.165, 1.54) is 5.56 Å². The van der Waals surface area contributed by atoms with Crippen molar-refractivity contribution in [2.45, 2.75) is 25.4 Å². The van der Waals surface area contributed by atoms with Crippen LogP contribution < -0.4 is 5.32 Å². The quantitative estimate of drug-likeness (QED) is 0.858. The number of amides is 1. The molecule has 1 fully saturated rings. The molecule has 0 saturated carbocycles. The predicted octanol–water partition coefficient (Wildman–Crippen LogP) is 3.11. The van der Waals surface area contributed by atoms with Crippen molar-refractivity contribution in [2.75, 3.05) is 13.1 Å². The number of hydrogen-bond acceptors (Lipinski definition) is 4. The van der Waals surface area contributed by atoms with Gasteiger partial charge in [-0.25, -0.2) is 4.98 Å². The van der Waals surface area contributed by atoms with Crippen LogP contribution in [0.2, 0.25) is 0 Å². The number of rotatable bonds is 4. The zero-order valence-corrected chi connectivity index (χ0v) is 15.4. The van der Waals surface area contributed by atoms with Gasteiger partial charge in [-0.3, -0.25) is 9.69 Å². The first kappa shape index (κ1) is 17.6. The molecule has 25 heavy (non-hydrogen) atoms. The van der Waals surface area contributed by atoms with E-state index in [0.29, 0.717) is 11.3 Å². The molecule has 128 valence electrons. The lowest BCUT2D eigenvalue weighted by Crippen LogP contribution is -2.44. The molecular weight excluding hydrogens is 380 g/mol. The van der Waals surface area contributed by atoms with Crippen molar-refractivity contribution < 1.29 is 4.79 Å². The van der Waals surface area contributed by atoms with Crippen LogP contribution in [0.15, 0.2) is 47.1 Å². The fourth-order valence-corrected chi connectivity index (χ4v) is 3.18. The SMILES string of the molecule is N#Cc1ccc(CN2CCC(NC(=O)c3ccc(Br)cn3)CC2)cc1. The molecular formula is C19H19BrN4O. The van der Waals surface area contributed by atoms with Crippen LogP contribution in [-0.2, 0) is 6.54 Å². The number of piperidine rings is 1. The Labute approximate surface area is 155 Å². The molecule has 6 heteroatoms. The van der Waals surface area contributed by atoms with E-state index in [4.69, 9.17) is 5.26 Å². The maximum atomic E-state index is 12.2. The number of likely N-dealkylation sites (tertiary alicyclic amines) is 1. The van der Waals surface area contributed by atoms with Gasteiger partial charge in [0.2, 0.25) is 0 Å². The first-order valence-electron chi connectivity index (χ1n) is 8.28. The normalized spacial score (nSPS) is 15.5. The molecule has 0 bridgehead atoms. The molecule has 1 aliphatic rings. The summed E-state index contributed by atoms with van der Waals surface area (Å²) in [6.45, 7) is 2.76. The van der Waals surface area contributed by atoms with Crippen LogP contribution in [0.3, 0.4) is 0 Å². The number of nitriles is 1. The number of nitrogens with zero attached hydrogens (tertiary/aromatic N) is 3. The van der Waals surface area contributed by atoms with Crippen molar-refractivity contribution in [1.82, 2.24) is 15.2 Å².